The van der Waals surface area contributed by atoms with E-state index in [0.717, 1.165) is 22.6 Å². The van der Waals surface area contributed by atoms with E-state index < -0.39 is 0 Å². The van der Waals surface area contributed by atoms with E-state index in [1.165, 1.54) is 0 Å². The molecule has 0 fully saturated rings. The van der Waals surface area contributed by atoms with Crippen LogP contribution >= 0.6 is 15.9 Å². The van der Waals surface area contributed by atoms with E-state index in [1.807, 2.05) is 32.0 Å². The zero-order valence-corrected chi connectivity index (χ0v) is 10.3. The lowest BCUT2D eigenvalue weighted by atomic mass is 10.2. The van der Waals surface area contributed by atoms with E-state index in [1.54, 1.807) is 0 Å². The molecule has 1 heterocycles. The van der Waals surface area contributed by atoms with Gasteiger partial charge in [0.1, 0.15) is 11.4 Å². The highest BCUT2D eigenvalue weighted by Gasteiger charge is 2.20. The average Bonchev–Trinajstić information content (AvgIpc) is 2.64. The summed E-state index contributed by atoms with van der Waals surface area (Å²) in [5, 5.41) is 0.772. The molecule has 1 aromatic rings. The van der Waals surface area contributed by atoms with Crippen LogP contribution in [0.4, 0.5) is 0 Å². The van der Waals surface area contributed by atoms with Gasteiger partial charge in [0.15, 0.2) is 11.5 Å². The summed E-state index contributed by atoms with van der Waals surface area (Å²) in [4.78, 5) is 0. The number of halogens is 1. The maximum atomic E-state index is 5.79. The van der Waals surface area contributed by atoms with Crippen LogP contribution < -0.4 is 14.2 Å². The summed E-state index contributed by atoms with van der Waals surface area (Å²) >= 11 is 3.41. The average molecular weight is 273 g/mol. The third-order valence-electron chi connectivity index (χ3n) is 2.06. The molecule has 0 amide bonds. The maximum Gasteiger partial charge on any atom is 0.231 e. The van der Waals surface area contributed by atoms with E-state index in [2.05, 4.69) is 15.9 Å². The Labute approximate surface area is 97.5 Å². The summed E-state index contributed by atoms with van der Waals surface area (Å²) in [5.41, 5.74) is -0.228. The number of ether oxygens (including phenoxy) is 3. The van der Waals surface area contributed by atoms with Crippen molar-refractivity contribution in [3.63, 3.8) is 0 Å². The van der Waals surface area contributed by atoms with Gasteiger partial charge in [-0.05, 0) is 26.0 Å². The number of fused-ring (bicyclic) bond motifs is 1. The molecule has 82 valence electrons. The van der Waals surface area contributed by atoms with E-state index in [0.29, 0.717) is 6.79 Å². The van der Waals surface area contributed by atoms with E-state index in [9.17, 15) is 0 Å². The Kier molecular flexibility index (Phi) is 2.78. The van der Waals surface area contributed by atoms with Crippen LogP contribution in [0.3, 0.4) is 0 Å². The molecule has 0 saturated heterocycles. The van der Waals surface area contributed by atoms with Gasteiger partial charge >= 0.3 is 0 Å². The number of hydrogen-bond acceptors (Lipinski definition) is 3. The normalized spacial score (nSPS) is 14.1. The zero-order valence-electron chi connectivity index (χ0n) is 8.75. The van der Waals surface area contributed by atoms with E-state index in [-0.39, 0.29) is 5.60 Å². The largest absolute Gasteiger partial charge is 0.487 e. The van der Waals surface area contributed by atoms with Crippen LogP contribution in [-0.4, -0.2) is 17.7 Å². The van der Waals surface area contributed by atoms with Crippen molar-refractivity contribution in [3.8, 4) is 17.2 Å². The van der Waals surface area contributed by atoms with Crippen molar-refractivity contribution in [3.05, 3.63) is 18.2 Å². The van der Waals surface area contributed by atoms with Crippen molar-refractivity contribution < 1.29 is 14.2 Å². The van der Waals surface area contributed by atoms with Crippen LogP contribution in [0.25, 0.3) is 0 Å². The second kappa shape index (κ2) is 3.93. The fourth-order valence-electron chi connectivity index (χ4n) is 1.29. The van der Waals surface area contributed by atoms with Crippen molar-refractivity contribution >= 4 is 15.9 Å². The summed E-state index contributed by atoms with van der Waals surface area (Å²) in [5.74, 6) is 2.32. The molecule has 1 aliphatic rings. The summed E-state index contributed by atoms with van der Waals surface area (Å²) in [6.07, 6.45) is 0. The number of rotatable bonds is 3. The van der Waals surface area contributed by atoms with Gasteiger partial charge in [0.25, 0.3) is 0 Å². The molecular formula is C11H13BrO3. The van der Waals surface area contributed by atoms with Crippen LogP contribution in [0, 0.1) is 0 Å². The van der Waals surface area contributed by atoms with Gasteiger partial charge in [-0.15, -0.1) is 0 Å². The third-order valence-corrected chi connectivity index (χ3v) is 3.41. The Balaban J connectivity index is 2.17. The van der Waals surface area contributed by atoms with Crippen LogP contribution in [-0.2, 0) is 0 Å². The zero-order chi connectivity index (χ0) is 10.9. The summed E-state index contributed by atoms with van der Waals surface area (Å²) in [7, 11) is 0. The molecule has 3 nitrogen and oxygen atoms in total. The first-order chi connectivity index (χ1) is 7.11. The van der Waals surface area contributed by atoms with Crippen LogP contribution in [0.15, 0.2) is 18.2 Å². The molecule has 0 aliphatic carbocycles. The molecule has 0 N–H and O–H groups in total. The molecule has 0 atom stereocenters. The van der Waals surface area contributed by atoms with Gasteiger partial charge in [-0.25, -0.2) is 0 Å². The quantitative estimate of drug-likeness (QED) is 0.792. The fourth-order valence-corrected chi connectivity index (χ4v) is 1.40. The molecule has 1 aromatic carbocycles. The predicted molar refractivity (Wildman–Crippen MR) is 61.1 cm³/mol. The SMILES string of the molecule is CC(C)(CBr)Oc1ccc2c(c1)OCO2. The Morgan fingerprint density at radius 1 is 1.33 bits per heavy atom. The van der Waals surface area contributed by atoms with Gasteiger partial charge in [0, 0.05) is 11.4 Å². The van der Waals surface area contributed by atoms with E-state index in [4.69, 9.17) is 14.2 Å². The highest BCUT2D eigenvalue weighted by Crippen LogP contribution is 2.36. The minimum absolute atomic E-state index is 0.228. The fraction of sp³-hybridized carbons (Fsp3) is 0.455. The molecule has 0 bridgehead atoms. The molecule has 0 saturated carbocycles. The van der Waals surface area contributed by atoms with Crippen LogP contribution in [0.2, 0.25) is 0 Å². The minimum atomic E-state index is -0.228. The maximum absolute atomic E-state index is 5.79. The summed E-state index contributed by atoms with van der Waals surface area (Å²) in [6.45, 7) is 4.33. The lowest BCUT2D eigenvalue weighted by Gasteiger charge is -2.23. The first-order valence-corrected chi connectivity index (χ1v) is 5.87. The summed E-state index contributed by atoms with van der Waals surface area (Å²) < 4.78 is 16.3. The monoisotopic (exact) mass is 272 g/mol. The minimum Gasteiger partial charge on any atom is -0.487 e. The molecule has 0 aromatic heterocycles. The molecule has 0 spiro atoms. The Hall–Kier alpha value is -0.900. The number of benzene rings is 1. The topological polar surface area (TPSA) is 27.7 Å². The van der Waals surface area contributed by atoms with Crippen LogP contribution in [0.1, 0.15) is 13.8 Å². The first-order valence-electron chi connectivity index (χ1n) is 4.75. The first kappa shape index (κ1) is 10.6. The molecule has 2 rings (SSSR count). The molecule has 0 radical (unpaired) electrons. The highest BCUT2D eigenvalue weighted by molar-refractivity contribution is 9.09. The Bertz CT molecular complexity index is 363. The standard InChI is InChI=1S/C11H13BrO3/c1-11(2,6-12)15-8-3-4-9-10(5-8)14-7-13-9/h3-5H,6-7H2,1-2H3. The molecule has 1 aliphatic heterocycles. The third kappa shape index (κ3) is 2.37. The predicted octanol–water partition coefficient (Wildman–Crippen LogP) is 2.97. The smallest absolute Gasteiger partial charge is 0.231 e. The molecular weight excluding hydrogens is 260 g/mol. The second-order valence-corrected chi connectivity index (χ2v) is 4.57. The second-order valence-electron chi connectivity index (χ2n) is 4.01. The van der Waals surface area contributed by atoms with Gasteiger partial charge in [0.05, 0.1) is 0 Å². The number of hydrogen-bond donors (Lipinski definition) is 0. The van der Waals surface area contributed by atoms with Gasteiger partial charge in [-0.2, -0.15) is 0 Å². The summed E-state index contributed by atoms with van der Waals surface area (Å²) in [6, 6.07) is 5.60. The van der Waals surface area contributed by atoms with Gasteiger partial charge in [-0.3, -0.25) is 0 Å². The Morgan fingerprint density at radius 2 is 2.07 bits per heavy atom. The number of alkyl halides is 1. The van der Waals surface area contributed by atoms with Gasteiger partial charge < -0.3 is 14.2 Å². The highest BCUT2D eigenvalue weighted by atomic mass is 79.9. The van der Waals surface area contributed by atoms with Crippen LogP contribution in [0.5, 0.6) is 17.2 Å². The van der Waals surface area contributed by atoms with Crippen molar-refractivity contribution in [2.75, 3.05) is 12.1 Å². The van der Waals surface area contributed by atoms with Crippen molar-refractivity contribution in [2.45, 2.75) is 19.4 Å². The molecule has 4 heteroatoms. The lowest BCUT2D eigenvalue weighted by Crippen LogP contribution is -2.29. The van der Waals surface area contributed by atoms with E-state index >= 15 is 0 Å². The van der Waals surface area contributed by atoms with Crippen molar-refractivity contribution in [1.82, 2.24) is 0 Å². The van der Waals surface area contributed by atoms with Gasteiger partial charge in [0.2, 0.25) is 6.79 Å². The molecule has 15 heavy (non-hydrogen) atoms. The Morgan fingerprint density at radius 3 is 2.80 bits per heavy atom. The molecule has 0 unspecified atom stereocenters. The van der Waals surface area contributed by atoms with Crippen molar-refractivity contribution in [2.24, 2.45) is 0 Å². The van der Waals surface area contributed by atoms with Gasteiger partial charge in [-0.1, -0.05) is 15.9 Å². The lowest BCUT2D eigenvalue weighted by molar-refractivity contribution is 0.136. The van der Waals surface area contributed by atoms with Crippen molar-refractivity contribution in [1.29, 1.82) is 0 Å².